The van der Waals surface area contributed by atoms with Crippen LogP contribution in [0.4, 0.5) is 10.1 Å². The SMILES string of the molecule is O=C(CCc1nc(-c2ccc(F)cc2)no1)Nc1ccccc1C(=O)NCC1CCCO1. The first-order valence-electron chi connectivity index (χ1n) is 10.5. The fourth-order valence-corrected chi connectivity index (χ4v) is 3.40. The smallest absolute Gasteiger partial charge is 0.253 e. The number of rotatable bonds is 8. The van der Waals surface area contributed by atoms with Gasteiger partial charge in [0.25, 0.3) is 5.91 Å². The molecule has 2 aromatic carbocycles. The topological polar surface area (TPSA) is 106 Å². The normalized spacial score (nSPS) is 15.5. The predicted molar refractivity (Wildman–Crippen MR) is 114 cm³/mol. The van der Waals surface area contributed by atoms with Crippen LogP contribution >= 0.6 is 0 Å². The zero-order valence-electron chi connectivity index (χ0n) is 17.3. The van der Waals surface area contributed by atoms with E-state index in [1.54, 1.807) is 36.4 Å². The summed E-state index contributed by atoms with van der Waals surface area (Å²) in [5.41, 5.74) is 1.43. The molecule has 0 spiro atoms. The zero-order valence-corrected chi connectivity index (χ0v) is 17.3. The Morgan fingerprint density at radius 2 is 1.94 bits per heavy atom. The summed E-state index contributed by atoms with van der Waals surface area (Å²) in [6, 6.07) is 12.6. The molecule has 3 aromatic rings. The molecule has 1 atom stereocenters. The van der Waals surface area contributed by atoms with E-state index in [9.17, 15) is 14.0 Å². The van der Waals surface area contributed by atoms with Gasteiger partial charge in [-0.3, -0.25) is 9.59 Å². The standard InChI is InChI=1S/C23H23FN4O4/c24-16-9-7-15(8-10-16)22-27-21(32-28-22)12-11-20(29)26-19-6-2-1-5-18(19)23(30)25-14-17-4-3-13-31-17/h1-2,5-10,17H,3-4,11-14H2,(H,25,30)(H,26,29). The number of nitrogens with zero attached hydrogens (tertiary/aromatic N) is 2. The fraction of sp³-hybridized carbons (Fsp3) is 0.304. The van der Waals surface area contributed by atoms with Crippen molar-refractivity contribution in [2.75, 3.05) is 18.5 Å². The number of carbonyl (C=O) groups excluding carboxylic acids is 2. The minimum Gasteiger partial charge on any atom is -0.376 e. The molecule has 1 aromatic heterocycles. The van der Waals surface area contributed by atoms with E-state index in [-0.39, 0.29) is 36.6 Å². The highest BCUT2D eigenvalue weighted by atomic mass is 19.1. The van der Waals surface area contributed by atoms with Crippen molar-refractivity contribution in [3.63, 3.8) is 0 Å². The molecule has 1 aliphatic heterocycles. The lowest BCUT2D eigenvalue weighted by molar-refractivity contribution is -0.116. The summed E-state index contributed by atoms with van der Waals surface area (Å²) in [5.74, 6) is -0.283. The molecule has 2 heterocycles. The number of para-hydroxylation sites is 1. The van der Waals surface area contributed by atoms with Crippen molar-refractivity contribution in [2.24, 2.45) is 0 Å². The number of aryl methyl sites for hydroxylation is 1. The number of aromatic nitrogens is 2. The van der Waals surface area contributed by atoms with Crippen LogP contribution in [0.3, 0.4) is 0 Å². The van der Waals surface area contributed by atoms with Gasteiger partial charge in [-0.05, 0) is 49.2 Å². The quantitative estimate of drug-likeness (QED) is 0.559. The van der Waals surface area contributed by atoms with Crippen LogP contribution in [0.2, 0.25) is 0 Å². The highest BCUT2D eigenvalue weighted by Gasteiger charge is 2.19. The summed E-state index contributed by atoms with van der Waals surface area (Å²) >= 11 is 0. The summed E-state index contributed by atoms with van der Waals surface area (Å²) in [4.78, 5) is 29.3. The molecule has 8 nitrogen and oxygen atoms in total. The van der Waals surface area contributed by atoms with Crippen LogP contribution in [-0.2, 0) is 16.0 Å². The van der Waals surface area contributed by atoms with Gasteiger partial charge in [-0.15, -0.1) is 0 Å². The molecule has 2 N–H and O–H groups in total. The van der Waals surface area contributed by atoms with E-state index in [1.165, 1.54) is 12.1 Å². The van der Waals surface area contributed by atoms with Crippen LogP contribution in [0, 0.1) is 5.82 Å². The van der Waals surface area contributed by atoms with Gasteiger partial charge >= 0.3 is 0 Å². The number of amides is 2. The van der Waals surface area contributed by atoms with E-state index in [1.807, 2.05) is 0 Å². The Morgan fingerprint density at radius 1 is 1.12 bits per heavy atom. The third kappa shape index (κ3) is 5.55. The molecule has 4 rings (SSSR count). The van der Waals surface area contributed by atoms with E-state index >= 15 is 0 Å². The predicted octanol–water partition coefficient (Wildman–Crippen LogP) is 3.36. The molecule has 166 valence electrons. The van der Waals surface area contributed by atoms with Crippen LogP contribution in [0.5, 0.6) is 0 Å². The first kappa shape index (κ1) is 21.6. The Balaban J connectivity index is 1.31. The lowest BCUT2D eigenvalue weighted by Crippen LogP contribution is -2.32. The van der Waals surface area contributed by atoms with Crippen LogP contribution < -0.4 is 10.6 Å². The number of hydrogen-bond acceptors (Lipinski definition) is 6. The maximum Gasteiger partial charge on any atom is 0.253 e. The van der Waals surface area contributed by atoms with E-state index in [0.29, 0.717) is 35.1 Å². The maximum atomic E-state index is 13.0. The highest BCUT2D eigenvalue weighted by molar-refractivity contribution is 6.03. The molecule has 0 saturated carbocycles. The number of benzene rings is 2. The van der Waals surface area contributed by atoms with Crippen LogP contribution in [0.25, 0.3) is 11.4 Å². The highest BCUT2D eigenvalue weighted by Crippen LogP contribution is 2.18. The maximum absolute atomic E-state index is 13.0. The molecule has 0 aliphatic carbocycles. The monoisotopic (exact) mass is 438 g/mol. The summed E-state index contributed by atoms with van der Waals surface area (Å²) in [5, 5.41) is 9.50. The lowest BCUT2D eigenvalue weighted by atomic mass is 10.1. The average molecular weight is 438 g/mol. The summed E-state index contributed by atoms with van der Waals surface area (Å²) in [6.45, 7) is 1.16. The van der Waals surface area contributed by atoms with Gasteiger partial charge in [0.2, 0.25) is 17.6 Å². The lowest BCUT2D eigenvalue weighted by Gasteiger charge is -2.13. The second-order valence-electron chi connectivity index (χ2n) is 7.46. The van der Waals surface area contributed by atoms with Gasteiger partial charge in [-0.25, -0.2) is 4.39 Å². The van der Waals surface area contributed by atoms with E-state index in [4.69, 9.17) is 9.26 Å². The Kier molecular flexibility index (Phi) is 6.86. The van der Waals surface area contributed by atoms with Crippen LogP contribution in [0.15, 0.2) is 53.1 Å². The number of halogens is 1. The molecule has 0 bridgehead atoms. The van der Waals surface area contributed by atoms with E-state index in [0.717, 1.165) is 19.4 Å². The first-order chi connectivity index (χ1) is 15.6. The number of carbonyl (C=O) groups is 2. The van der Waals surface area contributed by atoms with Crippen molar-refractivity contribution in [3.05, 3.63) is 65.8 Å². The molecule has 32 heavy (non-hydrogen) atoms. The largest absolute Gasteiger partial charge is 0.376 e. The Hall–Kier alpha value is -3.59. The third-order valence-corrected chi connectivity index (χ3v) is 5.10. The molecular formula is C23H23FN4O4. The molecule has 1 unspecified atom stereocenters. The Bertz CT molecular complexity index is 1080. The second kappa shape index (κ2) is 10.1. The van der Waals surface area contributed by atoms with Crippen molar-refractivity contribution >= 4 is 17.5 Å². The van der Waals surface area contributed by atoms with E-state index in [2.05, 4.69) is 20.8 Å². The van der Waals surface area contributed by atoms with Crippen molar-refractivity contribution in [1.82, 2.24) is 15.5 Å². The molecule has 1 fully saturated rings. The molecule has 2 amide bonds. The molecule has 1 aliphatic rings. The number of ether oxygens (including phenoxy) is 1. The van der Waals surface area contributed by atoms with Crippen molar-refractivity contribution in [2.45, 2.75) is 31.8 Å². The van der Waals surface area contributed by atoms with Crippen LogP contribution in [-0.4, -0.2) is 41.2 Å². The third-order valence-electron chi connectivity index (χ3n) is 5.10. The summed E-state index contributed by atoms with van der Waals surface area (Å²) in [6.07, 6.45) is 2.29. The minimum atomic E-state index is -0.352. The molecule has 9 heteroatoms. The second-order valence-corrected chi connectivity index (χ2v) is 7.46. The van der Waals surface area contributed by atoms with Gasteiger partial charge in [0.05, 0.1) is 17.4 Å². The van der Waals surface area contributed by atoms with Gasteiger partial charge in [-0.2, -0.15) is 4.98 Å². The number of anilines is 1. The molecule has 0 radical (unpaired) electrons. The Labute approximate surface area is 184 Å². The molecule has 1 saturated heterocycles. The number of hydrogen-bond donors (Lipinski definition) is 2. The van der Waals surface area contributed by atoms with Crippen molar-refractivity contribution in [1.29, 1.82) is 0 Å². The van der Waals surface area contributed by atoms with Crippen molar-refractivity contribution in [3.8, 4) is 11.4 Å². The number of nitrogens with one attached hydrogen (secondary N) is 2. The zero-order chi connectivity index (χ0) is 22.3. The Morgan fingerprint density at radius 3 is 2.72 bits per heavy atom. The summed E-state index contributed by atoms with van der Waals surface area (Å²) in [7, 11) is 0. The fourth-order valence-electron chi connectivity index (χ4n) is 3.40. The van der Waals surface area contributed by atoms with Crippen LogP contribution in [0.1, 0.15) is 35.5 Å². The van der Waals surface area contributed by atoms with E-state index < -0.39 is 0 Å². The minimum absolute atomic E-state index is 0.0370. The van der Waals surface area contributed by atoms with Gasteiger partial charge in [0, 0.05) is 31.6 Å². The molecular weight excluding hydrogens is 415 g/mol. The first-order valence-corrected chi connectivity index (χ1v) is 10.5. The van der Waals surface area contributed by atoms with Crippen molar-refractivity contribution < 1.29 is 23.2 Å². The van der Waals surface area contributed by atoms with Gasteiger partial charge in [0.15, 0.2) is 0 Å². The van der Waals surface area contributed by atoms with Gasteiger partial charge < -0.3 is 19.9 Å². The summed E-state index contributed by atoms with van der Waals surface area (Å²) < 4.78 is 23.8. The van der Waals surface area contributed by atoms with Gasteiger partial charge in [0.1, 0.15) is 5.82 Å². The average Bonchev–Trinajstić information content (AvgIpc) is 3.49. The van der Waals surface area contributed by atoms with Gasteiger partial charge in [-0.1, -0.05) is 17.3 Å².